The molecule has 1 saturated heterocycles. The summed E-state index contributed by atoms with van der Waals surface area (Å²) in [5.74, 6) is -1.30. The minimum atomic E-state index is -3.34. The highest BCUT2D eigenvalue weighted by Crippen LogP contribution is 2.35. The molecule has 2 rings (SSSR count). The minimum Gasteiger partial charge on any atom is -0.444 e. The van der Waals surface area contributed by atoms with Gasteiger partial charge in [-0.15, -0.1) is 0 Å². The molecule has 0 bridgehead atoms. The van der Waals surface area contributed by atoms with Crippen molar-refractivity contribution in [2.75, 3.05) is 0 Å². The monoisotopic (exact) mass is 386 g/mol. The number of hydrogen-bond donors (Lipinski definition) is 1. The Balaban J connectivity index is 2.30. The molecule has 2 amide bonds. The number of likely N-dealkylation sites (tertiary alicyclic amines) is 1. The van der Waals surface area contributed by atoms with E-state index in [9.17, 15) is 22.8 Å². The predicted octanol–water partition coefficient (Wildman–Crippen LogP) is 3.85. The zero-order valence-electron chi connectivity index (χ0n) is 15.8. The lowest BCUT2D eigenvalue weighted by Gasteiger charge is -2.44. The van der Waals surface area contributed by atoms with Gasteiger partial charge in [0.1, 0.15) is 11.6 Å². The topological polar surface area (TPSA) is 58.6 Å². The molecule has 0 radical (unpaired) electrons. The van der Waals surface area contributed by atoms with Gasteiger partial charge in [-0.25, -0.2) is 18.0 Å². The molecule has 1 N–H and O–H groups in total. The second-order valence-corrected chi connectivity index (χ2v) is 7.64. The first-order valence-corrected chi connectivity index (χ1v) is 8.80. The van der Waals surface area contributed by atoms with Gasteiger partial charge < -0.3 is 15.0 Å². The normalized spacial score (nSPS) is 24.7. The maximum atomic E-state index is 14.2. The highest BCUT2D eigenvalue weighted by molar-refractivity contribution is 5.87. The Morgan fingerprint density at radius 1 is 1.22 bits per heavy atom. The lowest BCUT2D eigenvalue weighted by molar-refractivity contribution is -0.157. The molecule has 1 aliphatic rings. The lowest BCUT2D eigenvalue weighted by Crippen LogP contribution is -2.61. The van der Waals surface area contributed by atoms with Gasteiger partial charge in [-0.1, -0.05) is 30.3 Å². The van der Waals surface area contributed by atoms with Crippen LogP contribution in [0.15, 0.2) is 30.3 Å². The molecule has 0 aliphatic carbocycles. The van der Waals surface area contributed by atoms with Gasteiger partial charge in [0.05, 0.1) is 0 Å². The lowest BCUT2D eigenvalue weighted by atomic mass is 9.81. The van der Waals surface area contributed by atoms with Crippen LogP contribution in [0.25, 0.3) is 0 Å². The van der Waals surface area contributed by atoms with Crippen LogP contribution >= 0.6 is 0 Å². The third-order valence-corrected chi connectivity index (χ3v) is 4.46. The van der Waals surface area contributed by atoms with Crippen LogP contribution in [-0.4, -0.2) is 47.3 Å². The Kier molecular flexibility index (Phi) is 6.38. The number of alkyl halides is 3. The van der Waals surface area contributed by atoms with Gasteiger partial charge in [0.25, 0.3) is 6.43 Å². The maximum Gasteiger partial charge on any atom is 0.408 e. The third-order valence-electron chi connectivity index (χ3n) is 4.46. The van der Waals surface area contributed by atoms with E-state index in [0.717, 1.165) is 5.56 Å². The molecule has 1 aromatic rings. The zero-order chi connectivity index (χ0) is 20.4. The largest absolute Gasteiger partial charge is 0.444 e. The summed E-state index contributed by atoms with van der Waals surface area (Å²) in [6.45, 7) is 6.51. The minimum absolute atomic E-state index is 0.162. The molecule has 8 heteroatoms. The smallest absolute Gasteiger partial charge is 0.408 e. The quantitative estimate of drug-likeness (QED) is 0.800. The highest BCUT2D eigenvalue weighted by atomic mass is 19.3. The molecule has 4 atom stereocenters. The number of nitrogens with zero attached hydrogens (tertiary/aromatic N) is 1. The maximum absolute atomic E-state index is 14.2. The van der Waals surface area contributed by atoms with Crippen LogP contribution in [0.3, 0.4) is 0 Å². The van der Waals surface area contributed by atoms with Gasteiger partial charge in [0.15, 0.2) is 0 Å². The number of amides is 2. The van der Waals surface area contributed by atoms with Crippen LogP contribution in [0.5, 0.6) is 0 Å². The Morgan fingerprint density at radius 2 is 1.81 bits per heavy atom. The van der Waals surface area contributed by atoms with E-state index in [-0.39, 0.29) is 6.42 Å². The molecular formula is C19H25F3N2O3. The summed E-state index contributed by atoms with van der Waals surface area (Å²) in [5.41, 5.74) is -0.0147. The van der Waals surface area contributed by atoms with Crippen molar-refractivity contribution in [1.82, 2.24) is 10.2 Å². The summed E-state index contributed by atoms with van der Waals surface area (Å²) in [7, 11) is 0. The summed E-state index contributed by atoms with van der Waals surface area (Å²) in [6, 6.07) is 6.98. The highest BCUT2D eigenvalue weighted by Gasteiger charge is 2.46. The van der Waals surface area contributed by atoms with E-state index in [0.29, 0.717) is 4.90 Å². The van der Waals surface area contributed by atoms with Crippen LogP contribution in [0.4, 0.5) is 18.0 Å². The van der Waals surface area contributed by atoms with Crippen LogP contribution in [0, 0.1) is 0 Å². The first-order valence-electron chi connectivity index (χ1n) is 8.80. The zero-order valence-corrected chi connectivity index (χ0v) is 15.8. The van der Waals surface area contributed by atoms with E-state index in [1.807, 2.05) is 0 Å². The van der Waals surface area contributed by atoms with Gasteiger partial charge in [-0.3, -0.25) is 4.79 Å². The Morgan fingerprint density at radius 3 is 2.33 bits per heavy atom. The number of hydrogen-bond acceptors (Lipinski definition) is 3. The van der Waals surface area contributed by atoms with Crippen molar-refractivity contribution in [1.29, 1.82) is 0 Å². The summed E-state index contributed by atoms with van der Waals surface area (Å²) < 4.78 is 45.4. The summed E-state index contributed by atoms with van der Waals surface area (Å²) >= 11 is 0. The fourth-order valence-electron chi connectivity index (χ4n) is 3.28. The van der Waals surface area contributed by atoms with Crippen molar-refractivity contribution in [3.8, 4) is 0 Å². The number of piperidine rings is 1. The van der Waals surface area contributed by atoms with Crippen LogP contribution in [0.2, 0.25) is 0 Å². The number of carbonyl (C=O) groups is 2. The van der Waals surface area contributed by atoms with Gasteiger partial charge in [0, 0.05) is 12.0 Å². The van der Waals surface area contributed by atoms with E-state index < -0.39 is 48.3 Å². The standard InChI is InChI=1S/C19H25F3N2O3/c1-11-13(12-8-6-5-7-9-12)10-14(23-18(26)27-19(2,3)4)17(25)24(11)16(22)15(20)21/h5-9,11,13-16H,10H2,1-4H3,(H,23,26). The van der Waals surface area contributed by atoms with Gasteiger partial charge in [-0.2, -0.15) is 0 Å². The molecule has 0 saturated carbocycles. The van der Waals surface area contributed by atoms with Crippen LogP contribution in [-0.2, 0) is 9.53 Å². The Bertz CT molecular complexity index is 664. The molecular weight excluding hydrogens is 361 g/mol. The molecule has 0 spiro atoms. The van der Waals surface area contributed by atoms with Crippen molar-refractivity contribution in [2.45, 2.75) is 70.4 Å². The third kappa shape index (κ3) is 5.14. The van der Waals surface area contributed by atoms with Crippen LogP contribution in [0.1, 0.15) is 45.6 Å². The van der Waals surface area contributed by atoms with E-state index in [4.69, 9.17) is 4.74 Å². The van der Waals surface area contributed by atoms with E-state index in [1.54, 1.807) is 51.1 Å². The average Bonchev–Trinajstić information content (AvgIpc) is 2.56. The Labute approximate surface area is 156 Å². The van der Waals surface area contributed by atoms with Crippen molar-refractivity contribution in [3.63, 3.8) is 0 Å². The molecule has 150 valence electrons. The second-order valence-electron chi connectivity index (χ2n) is 7.64. The van der Waals surface area contributed by atoms with Gasteiger partial charge >= 0.3 is 6.09 Å². The number of ether oxygens (including phenoxy) is 1. The molecule has 1 aromatic carbocycles. The second kappa shape index (κ2) is 8.19. The number of benzene rings is 1. The van der Waals surface area contributed by atoms with Crippen LogP contribution < -0.4 is 5.32 Å². The first-order chi connectivity index (χ1) is 12.5. The summed E-state index contributed by atoms with van der Waals surface area (Å²) in [6.07, 6.45) is -6.78. The number of rotatable bonds is 4. The van der Waals surface area contributed by atoms with Crippen molar-refractivity contribution >= 4 is 12.0 Å². The molecule has 4 unspecified atom stereocenters. The number of nitrogens with one attached hydrogen (secondary N) is 1. The fourth-order valence-corrected chi connectivity index (χ4v) is 3.28. The first kappa shape index (κ1) is 21.1. The molecule has 5 nitrogen and oxygen atoms in total. The van der Waals surface area contributed by atoms with Crippen molar-refractivity contribution in [2.24, 2.45) is 0 Å². The van der Waals surface area contributed by atoms with Crippen molar-refractivity contribution < 1.29 is 27.5 Å². The Hall–Kier alpha value is -2.25. The molecule has 27 heavy (non-hydrogen) atoms. The van der Waals surface area contributed by atoms with Crippen molar-refractivity contribution in [3.05, 3.63) is 35.9 Å². The number of carbonyl (C=O) groups excluding carboxylic acids is 2. The van der Waals surface area contributed by atoms with E-state index in [2.05, 4.69) is 5.32 Å². The number of alkyl carbamates (subject to hydrolysis) is 1. The average molecular weight is 386 g/mol. The predicted molar refractivity (Wildman–Crippen MR) is 94.2 cm³/mol. The number of halogens is 3. The molecule has 1 heterocycles. The molecule has 1 aliphatic heterocycles. The molecule has 0 aromatic heterocycles. The molecule has 1 fully saturated rings. The van der Waals surface area contributed by atoms with E-state index in [1.165, 1.54) is 6.92 Å². The van der Waals surface area contributed by atoms with E-state index >= 15 is 0 Å². The summed E-state index contributed by atoms with van der Waals surface area (Å²) in [5, 5.41) is 2.41. The summed E-state index contributed by atoms with van der Waals surface area (Å²) in [4.78, 5) is 25.2. The SMILES string of the molecule is CC1C(c2ccccc2)CC(NC(=O)OC(C)(C)C)C(=O)N1C(F)C(F)F. The van der Waals surface area contributed by atoms with Gasteiger partial charge in [0.2, 0.25) is 12.2 Å². The fraction of sp³-hybridized carbons (Fsp3) is 0.579. The van der Waals surface area contributed by atoms with Gasteiger partial charge in [-0.05, 0) is 39.7 Å².